The summed E-state index contributed by atoms with van der Waals surface area (Å²) >= 11 is 4.91. The molecule has 0 bridgehead atoms. The van der Waals surface area contributed by atoms with Crippen LogP contribution in [0.15, 0.2) is 19.8 Å². The standard InChI is InChI=1S/C9H9BrN2O2S/c1-2-6(13)8-11-9(14-12-8)5-3-7(10)15-4-5/h3-4,6,13H,2H2,1H3. The quantitative estimate of drug-likeness (QED) is 0.943. The van der Waals surface area contributed by atoms with Gasteiger partial charge in [0.1, 0.15) is 6.10 Å². The van der Waals surface area contributed by atoms with E-state index >= 15 is 0 Å². The largest absolute Gasteiger partial charge is 0.385 e. The second-order valence-electron chi connectivity index (χ2n) is 3.02. The maximum Gasteiger partial charge on any atom is 0.258 e. The van der Waals surface area contributed by atoms with Gasteiger partial charge in [0.2, 0.25) is 5.82 Å². The Kier molecular flexibility index (Phi) is 3.18. The molecule has 0 fully saturated rings. The Morgan fingerprint density at radius 2 is 2.47 bits per heavy atom. The third-order valence-electron chi connectivity index (χ3n) is 1.94. The molecule has 4 nitrogen and oxygen atoms in total. The fraction of sp³-hybridized carbons (Fsp3) is 0.333. The van der Waals surface area contributed by atoms with E-state index in [0.29, 0.717) is 18.1 Å². The van der Waals surface area contributed by atoms with Crippen LogP contribution in [0.25, 0.3) is 11.5 Å². The van der Waals surface area contributed by atoms with Crippen molar-refractivity contribution >= 4 is 27.3 Å². The van der Waals surface area contributed by atoms with Crippen LogP contribution in [0.4, 0.5) is 0 Å². The van der Waals surface area contributed by atoms with Crippen LogP contribution in [0.5, 0.6) is 0 Å². The molecule has 1 N–H and O–H groups in total. The lowest BCUT2D eigenvalue weighted by atomic mass is 10.3. The number of halogens is 1. The SMILES string of the molecule is CCC(O)c1noc(-c2csc(Br)c2)n1. The first-order valence-electron chi connectivity index (χ1n) is 4.46. The molecule has 0 radical (unpaired) electrons. The molecule has 0 aliphatic heterocycles. The summed E-state index contributed by atoms with van der Waals surface area (Å²) in [6.45, 7) is 1.86. The summed E-state index contributed by atoms with van der Waals surface area (Å²) in [5.74, 6) is 0.786. The molecular weight excluding hydrogens is 280 g/mol. The summed E-state index contributed by atoms with van der Waals surface area (Å²) in [6.07, 6.45) is -0.0728. The van der Waals surface area contributed by atoms with E-state index in [9.17, 15) is 5.11 Å². The molecule has 6 heteroatoms. The van der Waals surface area contributed by atoms with E-state index < -0.39 is 6.10 Å². The highest BCUT2D eigenvalue weighted by molar-refractivity contribution is 9.11. The van der Waals surface area contributed by atoms with Crippen molar-refractivity contribution in [1.29, 1.82) is 0 Å². The second-order valence-corrected chi connectivity index (χ2v) is 5.31. The smallest absolute Gasteiger partial charge is 0.258 e. The van der Waals surface area contributed by atoms with Crippen LogP contribution in [0.2, 0.25) is 0 Å². The van der Waals surface area contributed by atoms with Crippen molar-refractivity contribution < 1.29 is 9.63 Å². The maximum atomic E-state index is 9.50. The first-order valence-corrected chi connectivity index (χ1v) is 6.14. The number of rotatable bonds is 3. The molecule has 0 aromatic carbocycles. The monoisotopic (exact) mass is 288 g/mol. The lowest BCUT2D eigenvalue weighted by Crippen LogP contribution is -1.97. The predicted octanol–water partition coefficient (Wildman–Crippen LogP) is 3.00. The van der Waals surface area contributed by atoms with Gasteiger partial charge in [-0.05, 0) is 28.4 Å². The van der Waals surface area contributed by atoms with Gasteiger partial charge in [-0.25, -0.2) is 0 Å². The molecule has 2 aromatic rings. The summed E-state index contributed by atoms with van der Waals surface area (Å²) in [6, 6.07) is 1.90. The van der Waals surface area contributed by atoms with Gasteiger partial charge < -0.3 is 9.63 Å². The van der Waals surface area contributed by atoms with Crippen molar-refractivity contribution in [3.8, 4) is 11.5 Å². The molecule has 0 aliphatic rings. The van der Waals surface area contributed by atoms with Gasteiger partial charge in [0.05, 0.1) is 9.35 Å². The van der Waals surface area contributed by atoms with Gasteiger partial charge in [-0.1, -0.05) is 12.1 Å². The highest BCUT2D eigenvalue weighted by Crippen LogP contribution is 2.28. The molecule has 2 rings (SSSR count). The Hall–Kier alpha value is -0.720. The number of nitrogens with zero attached hydrogens (tertiary/aromatic N) is 2. The first-order chi connectivity index (χ1) is 7.20. The van der Waals surface area contributed by atoms with E-state index in [1.807, 2.05) is 18.4 Å². The van der Waals surface area contributed by atoms with Crippen LogP contribution in [-0.2, 0) is 0 Å². The highest BCUT2D eigenvalue weighted by atomic mass is 79.9. The Morgan fingerprint density at radius 1 is 1.67 bits per heavy atom. The lowest BCUT2D eigenvalue weighted by Gasteiger charge is -1.97. The highest BCUT2D eigenvalue weighted by Gasteiger charge is 2.15. The number of hydrogen-bond acceptors (Lipinski definition) is 5. The zero-order valence-corrected chi connectivity index (χ0v) is 10.4. The van der Waals surface area contributed by atoms with E-state index in [-0.39, 0.29) is 0 Å². The molecular formula is C9H9BrN2O2S. The summed E-state index contributed by atoms with van der Waals surface area (Å²) < 4.78 is 6.06. The van der Waals surface area contributed by atoms with E-state index in [1.54, 1.807) is 11.3 Å². The third-order valence-corrected chi connectivity index (χ3v) is 3.45. The topological polar surface area (TPSA) is 59.2 Å². The minimum Gasteiger partial charge on any atom is -0.385 e. The van der Waals surface area contributed by atoms with Gasteiger partial charge >= 0.3 is 0 Å². The van der Waals surface area contributed by atoms with Crippen molar-refractivity contribution in [3.05, 3.63) is 21.1 Å². The predicted molar refractivity (Wildman–Crippen MR) is 60.6 cm³/mol. The molecule has 15 heavy (non-hydrogen) atoms. The molecule has 0 aliphatic carbocycles. The summed E-state index contributed by atoms with van der Waals surface area (Å²) in [5, 5.41) is 15.1. The van der Waals surface area contributed by atoms with Crippen LogP contribution < -0.4 is 0 Å². The number of thiophene rings is 1. The summed E-state index contributed by atoms with van der Waals surface area (Å²) in [5.41, 5.74) is 0.869. The van der Waals surface area contributed by atoms with Gasteiger partial charge in [0.25, 0.3) is 5.89 Å². The van der Waals surface area contributed by atoms with E-state index in [2.05, 4.69) is 26.1 Å². The van der Waals surface area contributed by atoms with E-state index in [0.717, 1.165) is 9.35 Å². The third kappa shape index (κ3) is 2.27. The molecule has 1 unspecified atom stereocenters. The van der Waals surface area contributed by atoms with E-state index in [1.165, 1.54) is 0 Å². The van der Waals surface area contributed by atoms with Crippen LogP contribution in [-0.4, -0.2) is 15.2 Å². The van der Waals surface area contributed by atoms with Gasteiger partial charge in [0.15, 0.2) is 0 Å². The average molecular weight is 289 g/mol. The van der Waals surface area contributed by atoms with Crippen LogP contribution in [0.1, 0.15) is 25.3 Å². The molecule has 2 aromatic heterocycles. The maximum absolute atomic E-state index is 9.50. The molecule has 1 atom stereocenters. The summed E-state index contributed by atoms with van der Waals surface area (Å²) in [7, 11) is 0. The number of aliphatic hydroxyl groups excluding tert-OH is 1. The fourth-order valence-electron chi connectivity index (χ4n) is 1.09. The summed E-state index contributed by atoms with van der Waals surface area (Å²) in [4.78, 5) is 4.12. The fourth-order valence-corrected chi connectivity index (χ4v) is 2.22. The zero-order valence-electron chi connectivity index (χ0n) is 7.98. The molecule has 0 saturated heterocycles. The van der Waals surface area contributed by atoms with Gasteiger partial charge in [-0.15, -0.1) is 11.3 Å². The van der Waals surface area contributed by atoms with Crippen molar-refractivity contribution in [2.45, 2.75) is 19.4 Å². The van der Waals surface area contributed by atoms with Crippen molar-refractivity contribution in [2.75, 3.05) is 0 Å². The van der Waals surface area contributed by atoms with Crippen LogP contribution in [0.3, 0.4) is 0 Å². The molecule has 2 heterocycles. The lowest BCUT2D eigenvalue weighted by molar-refractivity contribution is 0.159. The zero-order chi connectivity index (χ0) is 10.8. The van der Waals surface area contributed by atoms with E-state index in [4.69, 9.17) is 4.52 Å². The molecule has 80 valence electrons. The first kappa shape index (κ1) is 10.8. The average Bonchev–Trinajstić information content (AvgIpc) is 2.84. The molecule has 0 saturated carbocycles. The Morgan fingerprint density at radius 3 is 3.07 bits per heavy atom. The Bertz CT molecular complexity index is 454. The van der Waals surface area contributed by atoms with Crippen molar-refractivity contribution in [1.82, 2.24) is 10.1 Å². The Labute approximate surface area is 99.1 Å². The number of aromatic nitrogens is 2. The number of hydrogen-bond donors (Lipinski definition) is 1. The molecule has 0 spiro atoms. The number of aliphatic hydroxyl groups is 1. The van der Waals surface area contributed by atoms with Crippen molar-refractivity contribution in [3.63, 3.8) is 0 Å². The minimum atomic E-state index is -0.649. The van der Waals surface area contributed by atoms with Gasteiger partial charge in [0, 0.05) is 5.38 Å². The normalized spacial score (nSPS) is 13.0. The van der Waals surface area contributed by atoms with Gasteiger partial charge in [-0.3, -0.25) is 0 Å². The van der Waals surface area contributed by atoms with Gasteiger partial charge in [-0.2, -0.15) is 4.98 Å². The van der Waals surface area contributed by atoms with Crippen molar-refractivity contribution in [2.24, 2.45) is 0 Å². The molecule has 0 amide bonds. The minimum absolute atomic E-state index is 0.342. The Balaban J connectivity index is 2.27. The second kappa shape index (κ2) is 4.42. The van der Waals surface area contributed by atoms with Crippen LogP contribution in [0, 0.1) is 0 Å². The van der Waals surface area contributed by atoms with Crippen LogP contribution >= 0.6 is 27.3 Å².